The summed E-state index contributed by atoms with van der Waals surface area (Å²) in [5, 5.41) is 0. The monoisotopic (exact) mass is 434 g/mol. The summed E-state index contributed by atoms with van der Waals surface area (Å²) in [5.74, 6) is -0.973. The molecule has 0 aromatic heterocycles. The second kappa shape index (κ2) is 9.02. The lowest BCUT2D eigenvalue weighted by molar-refractivity contribution is -0.148. The maximum Gasteiger partial charge on any atom is 0.188 e. The summed E-state index contributed by atoms with van der Waals surface area (Å²) in [7, 11) is -4.01. The van der Waals surface area contributed by atoms with Crippen molar-refractivity contribution in [1.29, 1.82) is 0 Å². The van der Waals surface area contributed by atoms with Crippen molar-refractivity contribution in [3.63, 3.8) is 0 Å². The molecule has 3 rings (SSSR count). The molecule has 0 aliphatic heterocycles. The molecule has 0 aliphatic rings. The molecule has 158 valence electrons. The molecule has 0 N–H and O–H groups in total. The van der Waals surface area contributed by atoms with Gasteiger partial charge in [-0.3, -0.25) is 0 Å². The smallest absolute Gasteiger partial charge is 0.188 e. The molecule has 3 aromatic carbocycles. The molecule has 0 bridgehead atoms. The highest BCUT2D eigenvalue weighted by molar-refractivity contribution is 6.71. The van der Waals surface area contributed by atoms with Crippen LogP contribution in [0.3, 0.4) is 0 Å². The number of benzene rings is 3. The van der Waals surface area contributed by atoms with E-state index in [1.165, 1.54) is 11.1 Å². The van der Waals surface area contributed by atoms with E-state index in [0.717, 1.165) is 5.56 Å². The lowest BCUT2D eigenvalue weighted by Gasteiger charge is -2.48. The van der Waals surface area contributed by atoms with Crippen LogP contribution in [0.1, 0.15) is 22.6 Å². The van der Waals surface area contributed by atoms with Crippen molar-refractivity contribution >= 4 is 16.6 Å². The molecular formula is C26H34O2Si2. The van der Waals surface area contributed by atoms with Gasteiger partial charge in [0, 0.05) is 5.56 Å². The van der Waals surface area contributed by atoms with Crippen LogP contribution >= 0.6 is 0 Å². The quantitative estimate of drug-likeness (QED) is 0.272. The second-order valence-electron chi connectivity index (χ2n) is 9.72. The molecule has 0 saturated carbocycles. The second-order valence-corrected chi connectivity index (χ2v) is 18.6. The fourth-order valence-electron chi connectivity index (χ4n) is 3.93. The zero-order chi connectivity index (χ0) is 21.8. The van der Waals surface area contributed by atoms with E-state index in [0.29, 0.717) is 0 Å². The lowest BCUT2D eigenvalue weighted by Crippen LogP contribution is -2.52. The molecule has 0 radical (unpaired) electrons. The molecule has 0 aliphatic carbocycles. The van der Waals surface area contributed by atoms with E-state index in [4.69, 9.17) is 8.85 Å². The largest absolute Gasteiger partial charge is 0.387 e. The molecule has 0 spiro atoms. The highest BCUT2D eigenvalue weighted by Gasteiger charge is 2.49. The Morgan fingerprint density at radius 1 is 0.533 bits per heavy atom. The van der Waals surface area contributed by atoms with E-state index >= 15 is 0 Å². The van der Waals surface area contributed by atoms with E-state index in [-0.39, 0.29) is 5.92 Å². The average molecular weight is 435 g/mol. The van der Waals surface area contributed by atoms with E-state index in [9.17, 15) is 0 Å². The topological polar surface area (TPSA) is 18.5 Å². The van der Waals surface area contributed by atoms with E-state index in [1.807, 2.05) is 0 Å². The Hall–Kier alpha value is -1.99. The van der Waals surface area contributed by atoms with Gasteiger partial charge in [0.05, 0.1) is 5.92 Å². The van der Waals surface area contributed by atoms with Gasteiger partial charge < -0.3 is 8.85 Å². The first-order valence-corrected chi connectivity index (χ1v) is 17.5. The van der Waals surface area contributed by atoms with Crippen molar-refractivity contribution in [3.05, 3.63) is 108 Å². The van der Waals surface area contributed by atoms with Crippen LogP contribution in [0.25, 0.3) is 0 Å². The summed E-state index contributed by atoms with van der Waals surface area (Å²) >= 11 is 0. The standard InChI is InChI=1S/C26H34O2Si2/c1-29(2,3)27-26(28-30(4,5)6,24-20-14-9-15-21-24)25(22-16-10-7-11-17-22)23-18-12-8-13-19-23/h7-21,25H,1-6H3. The molecule has 0 fully saturated rings. The minimum Gasteiger partial charge on any atom is -0.387 e. The Kier molecular flexibility index (Phi) is 6.82. The molecular weight excluding hydrogens is 400 g/mol. The maximum atomic E-state index is 7.11. The van der Waals surface area contributed by atoms with Crippen LogP contribution in [-0.4, -0.2) is 16.6 Å². The van der Waals surface area contributed by atoms with Crippen molar-refractivity contribution in [2.45, 2.75) is 51.0 Å². The first kappa shape index (κ1) is 22.7. The van der Waals surface area contributed by atoms with Crippen LogP contribution in [-0.2, 0) is 14.6 Å². The Morgan fingerprint density at radius 2 is 0.867 bits per heavy atom. The lowest BCUT2D eigenvalue weighted by atomic mass is 9.81. The molecule has 0 heterocycles. The Balaban J connectivity index is 2.36. The van der Waals surface area contributed by atoms with Crippen LogP contribution in [0.4, 0.5) is 0 Å². The summed E-state index contributed by atoms with van der Waals surface area (Å²) in [4.78, 5) is 0. The molecule has 0 unspecified atom stereocenters. The molecule has 30 heavy (non-hydrogen) atoms. The maximum absolute atomic E-state index is 7.11. The summed E-state index contributed by atoms with van der Waals surface area (Å²) in [6, 6.07) is 31.8. The highest BCUT2D eigenvalue weighted by Crippen LogP contribution is 2.48. The van der Waals surface area contributed by atoms with Crippen molar-refractivity contribution < 1.29 is 8.85 Å². The third-order valence-corrected chi connectivity index (χ3v) is 6.57. The van der Waals surface area contributed by atoms with Crippen LogP contribution in [0.5, 0.6) is 0 Å². The van der Waals surface area contributed by atoms with Gasteiger partial charge in [-0.1, -0.05) is 91.0 Å². The third kappa shape index (κ3) is 5.58. The SMILES string of the molecule is C[Si](C)(C)OC(O[Si](C)(C)C)(c1ccccc1)C(c1ccccc1)c1ccccc1. The van der Waals surface area contributed by atoms with Gasteiger partial charge in [-0.15, -0.1) is 0 Å². The number of hydrogen-bond acceptors (Lipinski definition) is 2. The molecule has 0 saturated heterocycles. The van der Waals surface area contributed by atoms with Crippen LogP contribution in [0.2, 0.25) is 39.3 Å². The first-order valence-electron chi connectivity index (χ1n) is 10.7. The number of rotatable bonds is 8. The van der Waals surface area contributed by atoms with Crippen molar-refractivity contribution in [1.82, 2.24) is 0 Å². The third-order valence-electron chi connectivity index (χ3n) is 4.74. The van der Waals surface area contributed by atoms with Gasteiger partial charge in [0.15, 0.2) is 22.4 Å². The van der Waals surface area contributed by atoms with Gasteiger partial charge in [-0.2, -0.15) is 0 Å². The average Bonchev–Trinajstić information content (AvgIpc) is 2.68. The summed E-state index contributed by atoms with van der Waals surface area (Å²) < 4.78 is 14.2. The molecule has 4 heteroatoms. The Labute approximate surface area is 184 Å². The van der Waals surface area contributed by atoms with Crippen LogP contribution in [0, 0.1) is 0 Å². The molecule has 0 amide bonds. The van der Waals surface area contributed by atoms with Gasteiger partial charge >= 0.3 is 0 Å². The normalized spacial score (nSPS) is 12.9. The van der Waals surface area contributed by atoms with Crippen molar-refractivity contribution in [3.8, 4) is 0 Å². The number of hydrogen-bond donors (Lipinski definition) is 0. The summed E-state index contributed by atoms with van der Waals surface area (Å²) in [6.45, 7) is 13.4. The molecule has 3 aromatic rings. The van der Waals surface area contributed by atoms with E-state index in [2.05, 4.69) is 130 Å². The van der Waals surface area contributed by atoms with Gasteiger partial charge in [-0.25, -0.2) is 0 Å². The molecule has 0 atom stereocenters. The zero-order valence-corrected chi connectivity index (χ0v) is 21.1. The Morgan fingerprint density at radius 3 is 1.20 bits per heavy atom. The highest BCUT2D eigenvalue weighted by atomic mass is 28.4. The van der Waals surface area contributed by atoms with Crippen LogP contribution < -0.4 is 0 Å². The van der Waals surface area contributed by atoms with Crippen molar-refractivity contribution in [2.24, 2.45) is 0 Å². The Bertz CT molecular complexity index is 859. The summed E-state index contributed by atoms with van der Waals surface area (Å²) in [6.07, 6.45) is 0. The minimum atomic E-state index is -2.01. The van der Waals surface area contributed by atoms with E-state index in [1.54, 1.807) is 0 Å². The first-order chi connectivity index (χ1) is 14.1. The zero-order valence-electron chi connectivity index (χ0n) is 19.1. The minimum absolute atomic E-state index is 0.0826. The van der Waals surface area contributed by atoms with Gasteiger partial charge in [0.2, 0.25) is 0 Å². The predicted octanol–water partition coefficient (Wildman–Crippen LogP) is 7.37. The fourth-order valence-corrected chi connectivity index (χ4v) is 6.38. The van der Waals surface area contributed by atoms with Gasteiger partial charge in [0.25, 0.3) is 0 Å². The van der Waals surface area contributed by atoms with Gasteiger partial charge in [0.1, 0.15) is 0 Å². The summed E-state index contributed by atoms with van der Waals surface area (Å²) in [5.41, 5.74) is 3.47. The molecule has 2 nitrogen and oxygen atoms in total. The predicted molar refractivity (Wildman–Crippen MR) is 132 cm³/mol. The van der Waals surface area contributed by atoms with E-state index < -0.39 is 22.4 Å². The van der Waals surface area contributed by atoms with Crippen LogP contribution in [0.15, 0.2) is 91.0 Å². The fraction of sp³-hybridized carbons (Fsp3) is 0.308. The van der Waals surface area contributed by atoms with Gasteiger partial charge in [-0.05, 0) is 50.4 Å². The van der Waals surface area contributed by atoms with Crippen molar-refractivity contribution in [2.75, 3.05) is 0 Å².